The van der Waals surface area contributed by atoms with Crippen LogP contribution in [-0.4, -0.2) is 17.9 Å². The molecule has 3 heteroatoms. The molecule has 0 radical (unpaired) electrons. The summed E-state index contributed by atoms with van der Waals surface area (Å²) in [6.07, 6.45) is 4.25. The molecule has 0 bridgehead atoms. The lowest BCUT2D eigenvalue weighted by atomic mass is 10.0. The van der Waals surface area contributed by atoms with Gasteiger partial charge in [0, 0.05) is 4.83 Å². The molecule has 1 saturated carbocycles. The highest BCUT2D eigenvalue weighted by atomic mass is 79.9. The monoisotopic (exact) mass is 208 g/mol. The Bertz CT molecular complexity index is 81.7. The topological polar surface area (TPSA) is 26.3 Å². The first-order valence-electron chi connectivity index (χ1n) is 3.50. The number of hydrogen-bond acceptors (Lipinski definition) is 2. The van der Waals surface area contributed by atoms with E-state index in [4.69, 9.17) is 0 Å². The van der Waals surface area contributed by atoms with Gasteiger partial charge in [0.1, 0.15) is 0 Å². The molecule has 60 valence electrons. The van der Waals surface area contributed by atoms with E-state index in [0.717, 1.165) is 4.83 Å². The summed E-state index contributed by atoms with van der Waals surface area (Å²) in [5.74, 6) is 0. The van der Waals surface area contributed by atoms with Gasteiger partial charge >= 0.3 is 0 Å². The van der Waals surface area contributed by atoms with Crippen molar-refractivity contribution in [1.29, 1.82) is 0 Å². The van der Waals surface area contributed by atoms with Crippen molar-refractivity contribution in [2.24, 2.45) is 0 Å². The first-order valence-corrected chi connectivity index (χ1v) is 4.42. The Hall–Kier alpha value is -0.0500. The van der Waals surface area contributed by atoms with Crippen LogP contribution in [0.25, 0.3) is 0 Å². The van der Waals surface area contributed by atoms with Gasteiger partial charge in [-0.25, -0.2) is 0 Å². The van der Waals surface area contributed by atoms with Crippen molar-refractivity contribution < 1.29 is 9.53 Å². The van der Waals surface area contributed by atoms with Crippen molar-refractivity contribution in [2.75, 3.05) is 6.61 Å². The summed E-state index contributed by atoms with van der Waals surface area (Å²) < 4.78 is 4.15. The summed E-state index contributed by atoms with van der Waals surface area (Å²) in [6.45, 7) is 2.66. The third kappa shape index (κ3) is 6.08. The average Bonchev–Trinajstić information content (AvgIpc) is 1.87. The summed E-state index contributed by atoms with van der Waals surface area (Å²) in [4.78, 5) is 10.1. The summed E-state index contributed by atoms with van der Waals surface area (Å²) in [7, 11) is 0. The van der Waals surface area contributed by atoms with Crippen molar-refractivity contribution in [3.63, 3.8) is 0 Å². The minimum absolute atomic E-state index is 0.431. The summed E-state index contributed by atoms with van der Waals surface area (Å²) in [5, 5.41) is 0. The number of alkyl halides is 1. The van der Waals surface area contributed by atoms with Crippen molar-refractivity contribution in [1.82, 2.24) is 0 Å². The fraction of sp³-hybridized carbons (Fsp3) is 0.857. The Morgan fingerprint density at radius 2 is 2.20 bits per heavy atom. The van der Waals surface area contributed by atoms with Crippen LogP contribution in [0.5, 0.6) is 0 Å². The standard InChI is InChI=1S/C4H7Br.C3H6O2/c5-4-2-1-3-4;1-2-5-3-4/h4H,1-3H2;3H,2H2,1H3. The largest absolute Gasteiger partial charge is 0.468 e. The van der Waals surface area contributed by atoms with Gasteiger partial charge in [0.25, 0.3) is 6.47 Å². The molecule has 0 unspecified atom stereocenters. The lowest BCUT2D eigenvalue weighted by Crippen LogP contribution is -2.07. The highest BCUT2D eigenvalue weighted by molar-refractivity contribution is 9.09. The van der Waals surface area contributed by atoms with Crippen molar-refractivity contribution in [2.45, 2.75) is 31.0 Å². The zero-order chi connectivity index (χ0) is 7.82. The van der Waals surface area contributed by atoms with Gasteiger partial charge in [0.2, 0.25) is 0 Å². The van der Waals surface area contributed by atoms with Crippen LogP contribution in [0.15, 0.2) is 0 Å². The molecular formula is C7H13BrO2. The molecule has 0 heterocycles. The van der Waals surface area contributed by atoms with Crippen molar-refractivity contribution in [3.05, 3.63) is 0 Å². The van der Waals surface area contributed by atoms with Gasteiger partial charge in [0.05, 0.1) is 6.61 Å². The van der Waals surface area contributed by atoms with E-state index in [-0.39, 0.29) is 0 Å². The predicted molar refractivity (Wildman–Crippen MR) is 44.3 cm³/mol. The molecule has 0 N–H and O–H groups in total. The summed E-state index contributed by atoms with van der Waals surface area (Å²) >= 11 is 3.46. The van der Waals surface area contributed by atoms with Gasteiger partial charge in [-0.1, -0.05) is 22.4 Å². The Labute approximate surface area is 70.1 Å². The zero-order valence-electron chi connectivity index (χ0n) is 6.18. The van der Waals surface area contributed by atoms with E-state index in [2.05, 4.69) is 20.7 Å². The van der Waals surface area contributed by atoms with Gasteiger partial charge in [-0.3, -0.25) is 4.79 Å². The van der Waals surface area contributed by atoms with Crippen molar-refractivity contribution >= 4 is 22.4 Å². The Kier molecular flexibility index (Phi) is 7.03. The second-order valence-corrected chi connectivity index (χ2v) is 3.37. The Balaban J connectivity index is 0.000000162. The molecule has 0 aromatic heterocycles. The Morgan fingerprint density at radius 1 is 1.70 bits per heavy atom. The number of hydrogen-bond donors (Lipinski definition) is 0. The molecule has 1 aliphatic rings. The number of carbonyl (C=O) groups is 1. The lowest BCUT2D eigenvalue weighted by molar-refractivity contribution is -0.128. The molecule has 1 rings (SSSR count). The van der Waals surface area contributed by atoms with Crippen LogP contribution in [0.1, 0.15) is 26.2 Å². The van der Waals surface area contributed by atoms with Crippen molar-refractivity contribution in [3.8, 4) is 0 Å². The lowest BCUT2D eigenvalue weighted by Gasteiger charge is -2.16. The highest BCUT2D eigenvalue weighted by Gasteiger charge is 2.11. The van der Waals surface area contributed by atoms with Crippen LogP contribution in [0.3, 0.4) is 0 Å². The molecule has 1 fully saturated rings. The normalized spacial score (nSPS) is 16.2. The minimum Gasteiger partial charge on any atom is -0.468 e. The van der Waals surface area contributed by atoms with E-state index in [9.17, 15) is 4.79 Å². The number of rotatable bonds is 2. The maximum atomic E-state index is 9.18. The van der Waals surface area contributed by atoms with E-state index >= 15 is 0 Å². The molecule has 0 atom stereocenters. The van der Waals surface area contributed by atoms with Crippen LogP contribution in [0, 0.1) is 0 Å². The zero-order valence-corrected chi connectivity index (χ0v) is 7.76. The molecule has 2 nitrogen and oxygen atoms in total. The Morgan fingerprint density at radius 3 is 2.20 bits per heavy atom. The molecule has 0 saturated heterocycles. The minimum atomic E-state index is 0.431. The SMILES string of the molecule is BrC1CCC1.CCOC=O. The van der Waals surface area contributed by atoms with E-state index < -0.39 is 0 Å². The smallest absolute Gasteiger partial charge is 0.293 e. The second-order valence-electron chi connectivity index (χ2n) is 2.08. The molecule has 10 heavy (non-hydrogen) atoms. The number of ether oxygens (including phenoxy) is 1. The van der Waals surface area contributed by atoms with Gasteiger partial charge in [0.15, 0.2) is 0 Å². The molecule has 0 aromatic rings. The van der Waals surface area contributed by atoms with Crippen LogP contribution < -0.4 is 0 Å². The molecule has 0 aliphatic heterocycles. The van der Waals surface area contributed by atoms with Gasteiger partial charge in [-0.15, -0.1) is 0 Å². The van der Waals surface area contributed by atoms with Crippen LogP contribution in [-0.2, 0) is 9.53 Å². The second kappa shape index (κ2) is 7.06. The first-order chi connectivity index (χ1) is 4.81. The van der Waals surface area contributed by atoms with Gasteiger partial charge in [-0.05, 0) is 19.8 Å². The molecule has 1 aliphatic carbocycles. The average molecular weight is 209 g/mol. The van der Waals surface area contributed by atoms with Crippen LogP contribution in [0.2, 0.25) is 0 Å². The third-order valence-corrected chi connectivity index (χ3v) is 2.19. The molecule has 0 aromatic carbocycles. The third-order valence-electron chi connectivity index (χ3n) is 1.27. The summed E-state index contributed by atoms with van der Waals surface area (Å²) in [5.41, 5.74) is 0. The van der Waals surface area contributed by atoms with Crippen LogP contribution >= 0.6 is 15.9 Å². The molecular weight excluding hydrogens is 196 g/mol. The van der Waals surface area contributed by atoms with E-state index in [1.165, 1.54) is 19.3 Å². The maximum Gasteiger partial charge on any atom is 0.293 e. The van der Waals surface area contributed by atoms with E-state index in [1.54, 1.807) is 6.92 Å². The quantitative estimate of drug-likeness (QED) is 0.514. The number of halogens is 1. The predicted octanol–water partition coefficient (Wildman–Crippen LogP) is 2.11. The van der Waals surface area contributed by atoms with Gasteiger partial charge in [-0.2, -0.15) is 0 Å². The molecule has 0 amide bonds. The summed E-state index contributed by atoms with van der Waals surface area (Å²) in [6, 6.07) is 0. The maximum absolute atomic E-state index is 9.18. The molecule has 0 spiro atoms. The highest BCUT2D eigenvalue weighted by Crippen LogP contribution is 2.25. The van der Waals surface area contributed by atoms with E-state index in [1.807, 2.05) is 0 Å². The fourth-order valence-corrected chi connectivity index (χ4v) is 1.07. The first kappa shape index (κ1) is 9.95. The van der Waals surface area contributed by atoms with Gasteiger partial charge < -0.3 is 4.74 Å². The van der Waals surface area contributed by atoms with Crippen LogP contribution in [0.4, 0.5) is 0 Å². The van der Waals surface area contributed by atoms with E-state index in [0.29, 0.717) is 13.1 Å². The number of carbonyl (C=O) groups excluding carboxylic acids is 1. The fourth-order valence-electron chi connectivity index (χ4n) is 0.426.